The van der Waals surface area contributed by atoms with E-state index in [-0.39, 0.29) is 10.8 Å². The van der Waals surface area contributed by atoms with Crippen molar-refractivity contribution in [1.29, 1.82) is 0 Å². The summed E-state index contributed by atoms with van der Waals surface area (Å²) >= 11 is 0. The lowest BCUT2D eigenvalue weighted by molar-refractivity contribution is -0.132. The van der Waals surface area contributed by atoms with Gasteiger partial charge in [-0.25, -0.2) is 8.42 Å². The molecule has 29 heavy (non-hydrogen) atoms. The molecule has 1 amide bonds. The number of sulfonamides is 1. The fourth-order valence-corrected chi connectivity index (χ4v) is 5.00. The number of benzene rings is 2. The van der Waals surface area contributed by atoms with Crippen molar-refractivity contribution in [1.82, 2.24) is 9.62 Å². The fraction of sp³-hybridized carbons (Fsp3) is 0.350. The molecule has 2 aromatic carbocycles. The predicted octanol–water partition coefficient (Wildman–Crippen LogP) is 1.38. The van der Waals surface area contributed by atoms with Crippen molar-refractivity contribution in [2.24, 2.45) is 0 Å². The normalized spacial score (nSPS) is 20.6. The standard InChI is InChI=1S/C20H24N4O4S/c1-14-7-8-18-15(13-14)21-19(22-29(18,26)27)20(25)24-11-9-23(10-12-24)16-5-3-4-6-17(16)28-2/h3-8,13,19,21-22H,9-12H2,1-2H3/t19-/m0/s1. The smallest absolute Gasteiger partial charge is 0.261 e. The minimum Gasteiger partial charge on any atom is -0.495 e. The van der Waals surface area contributed by atoms with Gasteiger partial charge in [-0.05, 0) is 36.8 Å². The van der Waals surface area contributed by atoms with Crippen LogP contribution in [-0.4, -0.2) is 58.7 Å². The number of nitrogens with zero attached hydrogens (tertiary/aromatic N) is 2. The van der Waals surface area contributed by atoms with Crippen LogP contribution in [0, 0.1) is 6.92 Å². The number of piperazine rings is 1. The van der Waals surface area contributed by atoms with Crippen molar-refractivity contribution in [2.45, 2.75) is 18.0 Å². The van der Waals surface area contributed by atoms with Gasteiger partial charge in [0, 0.05) is 26.2 Å². The third-order valence-electron chi connectivity index (χ3n) is 5.26. The van der Waals surface area contributed by atoms with Gasteiger partial charge in [-0.15, -0.1) is 0 Å². The molecule has 8 nitrogen and oxygen atoms in total. The van der Waals surface area contributed by atoms with E-state index in [1.54, 1.807) is 30.2 Å². The van der Waals surface area contributed by atoms with Crippen LogP contribution >= 0.6 is 0 Å². The second-order valence-corrected chi connectivity index (χ2v) is 8.86. The molecular weight excluding hydrogens is 392 g/mol. The average Bonchev–Trinajstić information content (AvgIpc) is 2.72. The van der Waals surface area contributed by atoms with Gasteiger partial charge in [0.25, 0.3) is 5.91 Å². The van der Waals surface area contributed by atoms with E-state index in [0.29, 0.717) is 31.9 Å². The molecule has 154 valence electrons. The maximum Gasteiger partial charge on any atom is 0.261 e. The van der Waals surface area contributed by atoms with Crippen LogP contribution in [0.5, 0.6) is 5.75 Å². The number of anilines is 2. The first-order chi connectivity index (χ1) is 13.9. The Labute approximate surface area is 170 Å². The monoisotopic (exact) mass is 416 g/mol. The SMILES string of the molecule is COc1ccccc1N1CCN(C(=O)[C@H]2Nc3cc(C)ccc3S(=O)(=O)N2)CC1. The van der Waals surface area contributed by atoms with Crippen LogP contribution in [0.1, 0.15) is 5.56 Å². The average molecular weight is 417 g/mol. The molecule has 2 aliphatic heterocycles. The fourth-order valence-electron chi connectivity index (χ4n) is 3.75. The topological polar surface area (TPSA) is 91.0 Å². The molecule has 2 heterocycles. The van der Waals surface area contributed by atoms with Gasteiger partial charge >= 0.3 is 0 Å². The molecule has 2 N–H and O–H groups in total. The van der Waals surface area contributed by atoms with Crippen molar-refractivity contribution in [2.75, 3.05) is 43.5 Å². The van der Waals surface area contributed by atoms with Gasteiger partial charge in [0.2, 0.25) is 10.0 Å². The number of rotatable bonds is 3. The number of carbonyl (C=O) groups is 1. The Hall–Kier alpha value is -2.78. The van der Waals surface area contributed by atoms with Crippen LogP contribution < -0.4 is 19.7 Å². The van der Waals surface area contributed by atoms with E-state index >= 15 is 0 Å². The van der Waals surface area contributed by atoms with Crippen LogP contribution in [0.3, 0.4) is 0 Å². The highest BCUT2D eigenvalue weighted by atomic mass is 32.2. The number of hydrogen-bond acceptors (Lipinski definition) is 6. The molecule has 0 aromatic heterocycles. The van der Waals surface area contributed by atoms with E-state index in [2.05, 4.69) is 14.9 Å². The van der Waals surface area contributed by atoms with E-state index in [4.69, 9.17) is 4.74 Å². The molecule has 0 saturated carbocycles. The van der Waals surface area contributed by atoms with E-state index in [1.807, 2.05) is 31.2 Å². The van der Waals surface area contributed by atoms with Crippen LogP contribution in [0.4, 0.5) is 11.4 Å². The highest BCUT2D eigenvalue weighted by Gasteiger charge is 2.36. The van der Waals surface area contributed by atoms with Crippen LogP contribution in [0.15, 0.2) is 47.4 Å². The van der Waals surface area contributed by atoms with Crippen molar-refractivity contribution in [3.05, 3.63) is 48.0 Å². The number of fused-ring (bicyclic) bond motifs is 1. The molecule has 0 spiro atoms. The first kappa shape index (κ1) is 19.5. The zero-order valence-electron chi connectivity index (χ0n) is 16.4. The second kappa shape index (κ2) is 7.57. The van der Waals surface area contributed by atoms with Gasteiger partial charge in [0.05, 0.1) is 18.5 Å². The number of aryl methyl sites for hydroxylation is 1. The van der Waals surface area contributed by atoms with Gasteiger partial charge in [0.15, 0.2) is 6.17 Å². The molecule has 9 heteroatoms. The number of carbonyl (C=O) groups excluding carboxylic acids is 1. The van der Waals surface area contributed by atoms with E-state index < -0.39 is 16.2 Å². The Morgan fingerprint density at radius 2 is 1.83 bits per heavy atom. The second-order valence-electron chi connectivity index (χ2n) is 7.18. The van der Waals surface area contributed by atoms with Crippen molar-refractivity contribution in [3.63, 3.8) is 0 Å². The summed E-state index contributed by atoms with van der Waals surface area (Å²) in [7, 11) is -2.10. The molecule has 1 atom stereocenters. The van der Waals surface area contributed by atoms with Gasteiger partial charge in [0.1, 0.15) is 10.6 Å². The molecule has 4 rings (SSSR count). The van der Waals surface area contributed by atoms with Crippen molar-refractivity contribution < 1.29 is 17.9 Å². The van der Waals surface area contributed by atoms with E-state index in [9.17, 15) is 13.2 Å². The number of para-hydroxylation sites is 2. The van der Waals surface area contributed by atoms with Crippen molar-refractivity contribution >= 4 is 27.3 Å². The molecule has 0 aliphatic carbocycles. The maximum absolute atomic E-state index is 13.0. The third kappa shape index (κ3) is 3.75. The van der Waals surface area contributed by atoms with Crippen LogP contribution in [0.2, 0.25) is 0 Å². The number of hydrogen-bond donors (Lipinski definition) is 2. The lowest BCUT2D eigenvalue weighted by Crippen LogP contribution is -2.58. The Morgan fingerprint density at radius 3 is 2.55 bits per heavy atom. The number of nitrogens with one attached hydrogen (secondary N) is 2. The van der Waals surface area contributed by atoms with E-state index in [0.717, 1.165) is 17.0 Å². The van der Waals surface area contributed by atoms with Crippen LogP contribution in [0.25, 0.3) is 0 Å². The minimum atomic E-state index is -3.74. The summed E-state index contributed by atoms with van der Waals surface area (Å²) in [5.74, 6) is 0.515. The maximum atomic E-state index is 13.0. The number of amides is 1. The van der Waals surface area contributed by atoms with Gasteiger partial charge in [-0.1, -0.05) is 18.2 Å². The summed E-state index contributed by atoms with van der Waals surface area (Å²) in [5.41, 5.74) is 2.36. The quantitative estimate of drug-likeness (QED) is 0.786. The zero-order valence-corrected chi connectivity index (χ0v) is 17.2. The molecule has 1 saturated heterocycles. The highest BCUT2D eigenvalue weighted by molar-refractivity contribution is 7.89. The molecular formula is C20H24N4O4S. The molecule has 0 bridgehead atoms. The number of methoxy groups -OCH3 is 1. The van der Waals surface area contributed by atoms with Gasteiger partial charge in [-0.3, -0.25) is 4.79 Å². The largest absolute Gasteiger partial charge is 0.495 e. The Morgan fingerprint density at radius 1 is 1.10 bits per heavy atom. The first-order valence-corrected chi connectivity index (χ1v) is 10.9. The predicted molar refractivity (Wildman–Crippen MR) is 111 cm³/mol. The first-order valence-electron chi connectivity index (χ1n) is 9.45. The van der Waals surface area contributed by atoms with Crippen LogP contribution in [-0.2, 0) is 14.8 Å². The molecule has 1 fully saturated rings. The Kier molecular flexibility index (Phi) is 5.10. The lowest BCUT2D eigenvalue weighted by atomic mass is 10.2. The van der Waals surface area contributed by atoms with Gasteiger partial charge < -0.3 is 19.9 Å². The molecule has 0 radical (unpaired) electrons. The minimum absolute atomic E-state index is 0.160. The van der Waals surface area contributed by atoms with Gasteiger partial charge in [-0.2, -0.15) is 4.72 Å². The summed E-state index contributed by atoms with van der Waals surface area (Å²) in [4.78, 5) is 17.0. The highest BCUT2D eigenvalue weighted by Crippen LogP contribution is 2.29. The van der Waals surface area contributed by atoms with E-state index in [1.165, 1.54) is 0 Å². The summed E-state index contributed by atoms with van der Waals surface area (Å²) in [6, 6.07) is 12.8. The Bertz CT molecular complexity index is 1030. The lowest BCUT2D eigenvalue weighted by Gasteiger charge is -2.39. The summed E-state index contributed by atoms with van der Waals surface area (Å²) in [6.45, 7) is 4.15. The molecule has 0 unspecified atom stereocenters. The summed E-state index contributed by atoms with van der Waals surface area (Å²) in [6.07, 6.45) is -1.01. The Balaban J connectivity index is 1.46. The summed E-state index contributed by atoms with van der Waals surface area (Å²) in [5, 5.41) is 3.04. The summed E-state index contributed by atoms with van der Waals surface area (Å²) < 4.78 is 33.0. The van der Waals surface area contributed by atoms with Crippen molar-refractivity contribution in [3.8, 4) is 5.75 Å². The zero-order chi connectivity index (χ0) is 20.6. The molecule has 2 aromatic rings. The molecule has 2 aliphatic rings. The third-order valence-corrected chi connectivity index (χ3v) is 6.74. The number of ether oxygens (including phenoxy) is 1.